The average molecular weight is 400 g/mol. The van der Waals surface area contributed by atoms with Crippen molar-refractivity contribution in [3.63, 3.8) is 0 Å². The van der Waals surface area contributed by atoms with Crippen LogP contribution in [0.4, 0.5) is 0 Å². The summed E-state index contributed by atoms with van der Waals surface area (Å²) < 4.78 is 2.41. The lowest BCUT2D eigenvalue weighted by Gasteiger charge is -2.13. The summed E-state index contributed by atoms with van der Waals surface area (Å²) in [5.74, 6) is -0.212. The predicted octanol–water partition coefficient (Wildman–Crippen LogP) is 2.45. The van der Waals surface area contributed by atoms with Crippen molar-refractivity contribution in [2.75, 3.05) is 0 Å². The molecule has 0 fully saturated rings. The van der Waals surface area contributed by atoms with E-state index in [1.54, 1.807) is 48.8 Å². The molecular weight excluding hydrogens is 380 g/mol. The van der Waals surface area contributed by atoms with Crippen LogP contribution in [0.1, 0.15) is 28.4 Å². The Morgan fingerprint density at radius 3 is 2.40 bits per heavy atom. The standard InChI is InChI=1S/C23H20N4O3/c1-2-16-7-9-18(10-8-16)20(28)15-26-19-6-4-12-25-21(19)22(29)27(23(26)30)14-17-5-3-11-24-13-17/h3-13H,2,14-15H2,1H3. The van der Waals surface area contributed by atoms with Crippen LogP contribution in [-0.4, -0.2) is 24.9 Å². The van der Waals surface area contributed by atoms with Gasteiger partial charge in [0.25, 0.3) is 5.56 Å². The molecule has 30 heavy (non-hydrogen) atoms. The number of rotatable bonds is 6. The van der Waals surface area contributed by atoms with Gasteiger partial charge < -0.3 is 0 Å². The van der Waals surface area contributed by atoms with E-state index in [2.05, 4.69) is 9.97 Å². The number of aryl methyl sites for hydroxylation is 1. The van der Waals surface area contributed by atoms with Crippen LogP contribution in [0, 0.1) is 0 Å². The molecule has 0 aliphatic carbocycles. The number of hydrogen-bond donors (Lipinski definition) is 0. The van der Waals surface area contributed by atoms with E-state index >= 15 is 0 Å². The largest absolute Gasteiger partial charge is 0.332 e. The molecule has 1 aromatic carbocycles. The van der Waals surface area contributed by atoms with E-state index in [9.17, 15) is 14.4 Å². The van der Waals surface area contributed by atoms with Crippen molar-refractivity contribution in [1.29, 1.82) is 0 Å². The zero-order valence-electron chi connectivity index (χ0n) is 16.5. The van der Waals surface area contributed by atoms with Crippen LogP contribution in [0.2, 0.25) is 0 Å². The van der Waals surface area contributed by atoms with Crippen LogP contribution in [0.15, 0.2) is 76.7 Å². The second kappa shape index (κ2) is 8.24. The van der Waals surface area contributed by atoms with E-state index in [4.69, 9.17) is 0 Å². The number of carbonyl (C=O) groups is 1. The predicted molar refractivity (Wildman–Crippen MR) is 114 cm³/mol. The fraction of sp³-hybridized carbons (Fsp3) is 0.174. The summed E-state index contributed by atoms with van der Waals surface area (Å²) >= 11 is 0. The maximum Gasteiger partial charge on any atom is 0.332 e. The van der Waals surface area contributed by atoms with Gasteiger partial charge >= 0.3 is 5.69 Å². The highest BCUT2D eigenvalue weighted by Crippen LogP contribution is 2.10. The first kappa shape index (κ1) is 19.4. The molecule has 0 spiro atoms. The number of ketones is 1. The molecule has 0 aliphatic rings. The zero-order chi connectivity index (χ0) is 21.1. The molecule has 3 aromatic heterocycles. The average Bonchev–Trinajstić information content (AvgIpc) is 2.80. The Morgan fingerprint density at radius 2 is 1.70 bits per heavy atom. The van der Waals surface area contributed by atoms with Gasteiger partial charge in [-0.1, -0.05) is 37.3 Å². The van der Waals surface area contributed by atoms with Crippen LogP contribution >= 0.6 is 0 Å². The summed E-state index contributed by atoms with van der Waals surface area (Å²) in [4.78, 5) is 47.2. The number of fused-ring (bicyclic) bond motifs is 1. The molecule has 0 aliphatic heterocycles. The lowest BCUT2D eigenvalue weighted by atomic mass is 10.1. The third-order valence-corrected chi connectivity index (χ3v) is 5.04. The summed E-state index contributed by atoms with van der Waals surface area (Å²) in [6, 6.07) is 14.1. The van der Waals surface area contributed by atoms with Crippen molar-refractivity contribution < 1.29 is 4.79 Å². The number of hydrogen-bond acceptors (Lipinski definition) is 5. The molecule has 0 amide bonds. The first-order valence-electron chi connectivity index (χ1n) is 9.68. The Hall–Kier alpha value is -3.87. The Bertz CT molecular complexity index is 1320. The number of Topliss-reactive ketones (excluding diaryl/α,β-unsaturated/α-hetero) is 1. The summed E-state index contributed by atoms with van der Waals surface area (Å²) in [6.45, 7) is 1.91. The number of nitrogens with zero attached hydrogens (tertiary/aromatic N) is 4. The smallest absolute Gasteiger partial charge is 0.292 e. The fourth-order valence-electron chi connectivity index (χ4n) is 3.37. The topological polar surface area (TPSA) is 86.9 Å². The second-order valence-electron chi connectivity index (χ2n) is 6.97. The number of aromatic nitrogens is 4. The van der Waals surface area contributed by atoms with Crippen molar-refractivity contribution in [3.05, 3.63) is 105 Å². The fourth-order valence-corrected chi connectivity index (χ4v) is 3.37. The lowest BCUT2D eigenvalue weighted by Crippen LogP contribution is -2.41. The van der Waals surface area contributed by atoms with Gasteiger partial charge in [-0.2, -0.15) is 0 Å². The molecule has 4 aromatic rings. The quantitative estimate of drug-likeness (QED) is 0.464. The Balaban J connectivity index is 1.81. The van der Waals surface area contributed by atoms with Crippen LogP contribution in [0.5, 0.6) is 0 Å². The van der Waals surface area contributed by atoms with Gasteiger partial charge in [-0.3, -0.25) is 23.7 Å². The van der Waals surface area contributed by atoms with Crippen LogP contribution in [0.3, 0.4) is 0 Å². The van der Waals surface area contributed by atoms with Crippen LogP contribution in [0.25, 0.3) is 11.0 Å². The van der Waals surface area contributed by atoms with Gasteiger partial charge in [-0.15, -0.1) is 0 Å². The molecule has 0 radical (unpaired) electrons. The van der Waals surface area contributed by atoms with Crippen molar-refractivity contribution in [2.45, 2.75) is 26.4 Å². The van der Waals surface area contributed by atoms with E-state index < -0.39 is 11.2 Å². The molecule has 3 heterocycles. The van der Waals surface area contributed by atoms with E-state index in [1.165, 1.54) is 10.8 Å². The van der Waals surface area contributed by atoms with Gasteiger partial charge in [0.2, 0.25) is 0 Å². The maximum absolute atomic E-state index is 13.2. The van der Waals surface area contributed by atoms with E-state index in [0.717, 1.165) is 16.6 Å². The molecule has 4 rings (SSSR count). The second-order valence-corrected chi connectivity index (χ2v) is 6.97. The van der Waals surface area contributed by atoms with E-state index in [0.29, 0.717) is 16.6 Å². The maximum atomic E-state index is 13.2. The first-order valence-corrected chi connectivity index (χ1v) is 9.68. The molecular formula is C23H20N4O3. The van der Waals surface area contributed by atoms with Crippen LogP contribution < -0.4 is 11.2 Å². The van der Waals surface area contributed by atoms with Crippen molar-refractivity contribution >= 4 is 16.8 Å². The molecule has 150 valence electrons. The van der Waals surface area contributed by atoms with Gasteiger partial charge in [-0.25, -0.2) is 9.78 Å². The molecule has 0 bridgehead atoms. The van der Waals surface area contributed by atoms with Gasteiger partial charge in [0.15, 0.2) is 11.3 Å². The van der Waals surface area contributed by atoms with Crippen molar-refractivity contribution in [1.82, 2.24) is 19.1 Å². The molecule has 7 heteroatoms. The van der Waals surface area contributed by atoms with Crippen molar-refractivity contribution in [3.8, 4) is 0 Å². The molecule has 0 saturated heterocycles. The number of carbonyl (C=O) groups excluding carboxylic acids is 1. The normalized spacial score (nSPS) is 11.0. The van der Waals surface area contributed by atoms with Crippen molar-refractivity contribution in [2.24, 2.45) is 0 Å². The highest BCUT2D eigenvalue weighted by molar-refractivity contribution is 5.96. The zero-order valence-corrected chi connectivity index (χ0v) is 16.5. The molecule has 7 nitrogen and oxygen atoms in total. The molecule has 0 N–H and O–H groups in total. The Morgan fingerprint density at radius 1 is 0.933 bits per heavy atom. The molecule has 0 atom stereocenters. The number of benzene rings is 1. The Labute approximate surface area is 172 Å². The minimum absolute atomic E-state index is 0.0530. The summed E-state index contributed by atoms with van der Waals surface area (Å²) in [6.07, 6.45) is 5.59. The summed E-state index contributed by atoms with van der Waals surface area (Å²) in [5.41, 5.74) is 1.80. The Kier molecular flexibility index (Phi) is 5.34. The minimum Gasteiger partial charge on any atom is -0.292 e. The SMILES string of the molecule is CCc1ccc(C(=O)Cn2c(=O)n(Cc3cccnc3)c(=O)c3ncccc32)cc1. The van der Waals surface area contributed by atoms with Gasteiger partial charge in [0.05, 0.1) is 18.6 Å². The van der Waals surface area contributed by atoms with E-state index in [1.807, 2.05) is 19.1 Å². The summed E-state index contributed by atoms with van der Waals surface area (Å²) in [5, 5.41) is 0. The van der Waals surface area contributed by atoms with Gasteiger partial charge in [0, 0.05) is 24.2 Å². The highest BCUT2D eigenvalue weighted by Gasteiger charge is 2.17. The van der Waals surface area contributed by atoms with Gasteiger partial charge in [-0.05, 0) is 35.7 Å². The van der Waals surface area contributed by atoms with Gasteiger partial charge in [0.1, 0.15) is 0 Å². The third-order valence-electron chi connectivity index (χ3n) is 5.04. The number of pyridine rings is 2. The first-order chi connectivity index (χ1) is 14.6. The highest BCUT2D eigenvalue weighted by atomic mass is 16.2. The third kappa shape index (κ3) is 3.69. The molecule has 0 saturated carbocycles. The monoisotopic (exact) mass is 400 g/mol. The summed E-state index contributed by atoms with van der Waals surface area (Å²) in [7, 11) is 0. The molecule has 0 unspecified atom stereocenters. The minimum atomic E-state index is -0.553. The van der Waals surface area contributed by atoms with Crippen LogP contribution in [-0.2, 0) is 19.5 Å². The van der Waals surface area contributed by atoms with E-state index in [-0.39, 0.29) is 24.4 Å². The lowest BCUT2D eigenvalue weighted by molar-refractivity contribution is 0.0971.